The van der Waals surface area contributed by atoms with E-state index in [1.54, 1.807) is 6.42 Å². The molecule has 0 spiro atoms. The highest BCUT2D eigenvalue weighted by Crippen LogP contribution is 2.57. The summed E-state index contributed by atoms with van der Waals surface area (Å²) in [5.74, 6) is 3.22. The van der Waals surface area contributed by atoms with E-state index in [0.29, 0.717) is 0 Å². The van der Waals surface area contributed by atoms with Crippen LogP contribution in [0.5, 0.6) is 0 Å². The molecule has 3 aliphatic carbocycles. The van der Waals surface area contributed by atoms with E-state index < -0.39 is 0 Å². The first-order valence-electron chi connectivity index (χ1n) is 4.67. The van der Waals surface area contributed by atoms with Crippen LogP contribution in [0, 0.1) is 17.8 Å². The summed E-state index contributed by atoms with van der Waals surface area (Å²) in [6, 6.07) is 0. The first-order chi connectivity index (χ1) is 4.95. The SMILES string of the molecule is C1=C2C1CCCCC1CC21. The minimum absolute atomic E-state index is 0.996. The third-order valence-corrected chi connectivity index (χ3v) is 3.40. The lowest BCUT2D eigenvalue weighted by molar-refractivity contribution is 0.540. The molecule has 3 unspecified atom stereocenters. The zero-order chi connectivity index (χ0) is 6.55. The number of hydrogen-bond acceptors (Lipinski definition) is 0. The van der Waals surface area contributed by atoms with Gasteiger partial charge in [-0.25, -0.2) is 0 Å². The van der Waals surface area contributed by atoms with Gasteiger partial charge in [-0.1, -0.05) is 24.5 Å². The van der Waals surface area contributed by atoms with Crippen molar-refractivity contribution in [1.82, 2.24) is 0 Å². The highest BCUT2D eigenvalue weighted by molar-refractivity contribution is 5.36. The third-order valence-electron chi connectivity index (χ3n) is 3.40. The summed E-state index contributed by atoms with van der Waals surface area (Å²) >= 11 is 0. The van der Waals surface area contributed by atoms with E-state index in [9.17, 15) is 0 Å². The molecule has 0 aliphatic heterocycles. The summed E-state index contributed by atoms with van der Waals surface area (Å²) in [5.41, 5.74) is 1.85. The van der Waals surface area contributed by atoms with Gasteiger partial charge >= 0.3 is 0 Å². The lowest BCUT2D eigenvalue weighted by Crippen LogP contribution is -1.92. The largest absolute Gasteiger partial charge is 0.0772 e. The summed E-state index contributed by atoms with van der Waals surface area (Å²) in [5, 5.41) is 0. The maximum Gasteiger partial charge on any atom is -0.00172 e. The van der Waals surface area contributed by atoms with Crippen LogP contribution in [0.3, 0.4) is 0 Å². The molecule has 10 heavy (non-hydrogen) atoms. The van der Waals surface area contributed by atoms with E-state index in [1.165, 1.54) is 25.7 Å². The van der Waals surface area contributed by atoms with Gasteiger partial charge in [-0.3, -0.25) is 0 Å². The normalized spacial score (nSPS) is 49.6. The van der Waals surface area contributed by atoms with Gasteiger partial charge in [0.05, 0.1) is 0 Å². The van der Waals surface area contributed by atoms with Crippen molar-refractivity contribution in [2.45, 2.75) is 32.1 Å². The van der Waals surface area contributed by atoms with Crippen LogP contribution in [0.15, 0.2) is 11.6 Å². The van der Waals surface area contributed by atoms with Gasteiger partial charge in [-0.15, -0.1) is 0 Å². The summed E-state index contributed by atoms with van der Waals surface area (Å²) in [7, 11) is 0. The van der Waals surface area contributed by atoms with Crippen molar-refractivity contribution in [1.29, 1.82) is 0 Å². The Labute approximate surface area is 62.3 Å². The topological polar surface area (TPSA) is 0 Å². The molecule has 0 saturated heterocycles. The molecular weight excluding hydrogens is 120 g/mol. The number of fused-ring (bicyclic) bond motifs is 3. The Kier molecular flexibility index (Phi) is 0.898. The minimum Gasteiger partial charge on any atom is -0.0772 e. The smallest absolute Gasteiger partial charge is 0.00172 e. The summed E-state index contributed by atoms with van der Waals surface area (Å²) in [6.07, 6.45) is 10.1. The van der Waals surface area contributed by atoms with E-state index in [2.05, 4.69) is 6.08 Å². The Morgan fingerprint density at radius 1 is 1.20 bits per heavy atom. The molecule has 3 rings (SSSR count). The molecule has 0 nitrogen and oxygen atoms in total. The Morgan fingerprint density at radius 2 is 2.10 bits per heavy atom. The van der Waals surface area contributed by atoms with E-state index in [4.69, 9.17) is 0 Å². The van der Waals surface area contributed by atoms with Crippen molar-refractivity contribution in [2.24, 2.45) is 17.8 Å². The Hall–Kier alpha value is -0.260. The Balaban J connectivity index is 1.76. The molecule has 0 heterocycles. The van der Waals surface area contributed by atoms with Crippen LogP contribution in [-0.2, 0) is 0 Å². The van der Waals surface area contributed by atoms with E-state index in [1.807, 2.05) is 5.57 Å². The van der Waals surface area contributed by atoms with Gasteiger partial charge < -0.3 is 0 Å². The van der Waals surface area contributed by atoms with Crippen LogP contribution in [0.25, 0.3) is 0 Å². The quantitative estimate of drug-likeness (QED) is 0.447. The molecule has 3 aliphatic rings. The second-order valence-electron chi connectivity index (χ2n) is 4.16. The molecule has 0 heteroatoms. The second kappa shape index (κ2) is 1.66. The number of rotatable bonds is 0. The van der Waals surface area contributed by atoms with E-state index in [0.717, 1.165) is 17.8 Å². The molecule has 0 amide bonds. The first-order valence-corrected chi connectivity index (χ1v) is 4.67. The van der Waals surface area contributed by atoms with Gasteiger partial charge in [0.1, 0.15) is 0 Å². The molecule has 0 aromatic carbocycles. The van der Waals surface area contributed by atoms with Crippen molar-refractivity contribution in [3.63, 3.8) is 0 Å². The lowest BCUT2D eigenvalue weighted by Gasteiger charge is -2.05. The van der Waals surface area contributed by atoms with E-state index >= 15 is 0 Å². The summed E-state index contributed by atoms with van der Waals surface area (Å²) in [4.78, 5) is 0. The molecule has 0 radical (unpaired) electrons. The zero-order valence-electron chi connectivity index (χ0n) is 6.34. The molecule has 0 aromatic rings. The van der Waals surface area contributed by atoms with Crippen LogP contribution in [0.2, 0.25) is 0 Å². The first kappa shape index (κ1) is 5.40. The van der Waals surface area contributed by atoms with Gasteiger partial charge in [0, 0.05) is 0 Å². The fourth-order valence-electron chi connectivity index (χ4n) is 2.58. The van der Waals surface area contributed by atoms with Gasteiger partial charge in [-0.2, -0.15) is 0 Å². The zero-order valence-corrected chi connectivity index (χ0v) is 6.34. The molecule has 54 valence electrons. The van der Waals surface area contributed by atoms with Gasteiger partial charge in [0.25, 0.3) is 0 Å². The molecule has 0 bridgehead atoms. The van der Waals surface area contributed by atoms with Gasteiger partial charge in [0.2, 0.25) is 0 Å². The van der Waals surface area contributed by atoms with Crippen molar-refractivity contribution < 1.29 is 0 Å². The molecule has 2 fully saturated rings. The molecular formula is C10H14. The molecule has 3 atom stereocenters. The van der Waals surface area contributed by atoms with Crippen LogP contribution < -0.4 is 0 Å². The van der Waals surface area contributed by atoms with Crippen LogP contribution in [0.4, 0.5) is 0 Å². The lowest BCUT2D eigenvalue weighted by atomic mass is 10.0. The monoisotopic (exact) mass is 134 g/mol. The summed E-state index contributed by atoms with van der Waals surface area (Å²) < 4.78 is 0. The average molecular weight is 134 g/mol. The fourth-order valence-corrected chi connectivity index (χ4v) is 2.58. The highest BCUT2D eigenvalue weighted by Gasteiger charge is 2.46. The average Bonchev–Trinajstić information content (AvgIpc) is 2.68. The minimum atomic E-state index is 0.996. The number of allylic oxidation sites excluding steroid dienone is 2. The highest BCUT2D eigenvalue weighted by atomic mass is 14.5. The standard InChI is InChI=1S/C10H14/c1-2-4-8-6-10(8)9-5-7(9)3-1/h5,7-8,10H,1-4,6H2. The van der Waals surface area contributed by atoms with Gasteiger partial charge in [0.15, 0.2) is 0 Å². The van der Waals surface area contributed by atoms with Gasteiger partial charge in [-0.05, 0) is 37.0 Å². The van der Waals surface area contributed by atoms with Crippen LogP contribution in [0.1, 0.15) is 32.1 Å². The Bertz CT molecular complexity index is 190. The molecule has 2 saturated carbocycles. The van der Waals surface area contributed by atoms with Crippen LogP contribution >= 0.6 is 0 Å². The second-order valence-corrected chi connectivity index (χ2v) is 4.16. The van der Waals surface area contributed by atoms with Crippen LogP contribution in [-0.4, -0.2) is 0 Å². The third kappa shape index (κ3) is 0.680. The Morgan fingerprint density at radius 3 is 3.10 bits per heavy atom. The maximum atomic E-state index is 2.52. The number of hydrogen-bond donors (Lipinski definition) is 0. The molecule has 0 N–H and O–H groups in total. The summed E-state index contributed by atoms with van der Waals surface area (Å²) in [6.45, 7) is 0. The predicted molar refractivity (Wildman–Crippen MR) is 41.6 cm³/mol. The van der Waals surface area contributed by atoms with E-state index in [-0.39, 0.29) is 0 Å². The van der Waals surface area contributed by atoms with Crippen molar-refractivity contribution in [2.75, 3.05) is 0 Å². The van der Waals surface area contributed by atoms with Crippen molar-refractivity contribution in [3.8, 4) is 0 Å². The van der Waals surface area contributed by atoms with Crippen molar-refractivity contribution >= 4 is 0 Å². The molecule has 0 aromatic heterocycles. The van der Waals surface area contributed by atoms with Crippen molar-refractivity contribution in [3.05, 3.63) is 11.6 Å². The predicted octanol–water partition coefficient (Wildman–Crippen LogP) is 2.75. The maximum absolute atomic E-state index is 2.52. The fraction of sp³-hybridized carbons (Fsp3) is 0.800.